The molecule has 128 valence electrons. The summed E-state index contributed by atoms with van der Waals surface area (Å²) in [6.07, 6.45) is 9.14. The van der Waals surface area contributed by atoms with Crippen LogP contribution < -0.4 is 4.90 Å². The largest absolute Gasteiger partial charge is 0.338 e. The van der Waals surface area contributed by atoms with Crippen molar-refractivity contribution in [2.24, 2.45) is 5.41 Å². The number of carbonyl (C=O) groups excluding carboxylic acids is 2. The predicted molar refractivity (Wildman–Crippen MR) is 93.0 cm³/mol. The van der Waals surface area contributed by atoms with Crippen molar-refractivity contribution in [2.45, 2.75) is 19.3 Å². The first kappa shape index (κ1) is 15.7. The zero-order chi connectivity index (χ0) is 17.3. The minimum absolute atomic E-state index is 0.0193. The molecule has 1 atom stereocenters. The van der Waals surface area contributed by atoms with Gasteiger partial charge in [0.25, 0.3) is 5.91 Å². The fourth-order valence-electron chi connectivity index (χ4n) is 3.94. The summed E-state index contributed by atoms with van der Waals surface area (Å²) in [6, 6.07) is 7.20. The normalized spacial score (nSPS) is 23.3. The summed E-state index contributed by atoms with van der Waals surface area (Å²) >= 11 is 0. The fourth-order valence-corrected chi connectivity index (χ4v) is 3.94. The lowest BCUT2D eigenvalue weighted by Gasteiger charge is -2.39. The summed E-state index contributed by atoms with van der Waals surface area (Å²) in [7, 11) is 0. The molecule has 6 heteroatoms. The van der Waals surface area contributed by atoms with Gasteiger partial charge in [0.1, 0.15) is 0 Å². The topological polar surface area (TPSA) is 66.4 Å². The van der Waals surface area contributed by atoms with Crippen molar-refractivity contribution in [3.63, 3.8) is 0 Å². The molecule has 0 saturated carbocycles. The summed E-state index contributed by atoms with van der Waals surface area (Å²) in [5.41, 5.74) is 1.00. The van der Waals surface area contributed by atoms with E-state index in [0.717, 1.165) is 24.9 Å². The molecule has 25 heavy (non-hydrogen) atoms. The Kier molecular flexibility index (Phi) is 3.95. The smallest absolute Gasteiger partial charge is 0.253 e. The number of aromatic nitrogens is 2. The van der Waals surface area contributed by atoms with Crippen LogP contribution in [-0.2, 0) is 4.79 Å². The molecule has 0 bridgehead atoms. The Balaban J connectivity index is 1.55. The number of rotatable bonds is 2. The van der Waals surface area contributed by atoms with E-state index >= 15 is 0 Å². The third-order valence-corrected chi connectivity index (χ3v) is 5.26. The van der Waals surface area contributed by atoms with Gasteiger partial charge in [-0.2, -0.15) is 0 Å². The van der Waals surface area contributed by atoms with Gasteiger partial charge in [0.15, 0.2) is 0 Å². The zero-order valence-electron chi connectivity index (χ0n) is 14.0. The van der Waals surface area contributed by atoms with E-state index in [-0.39, 0.29) is 11.8 Å². The van der Waals surface area contributed by atoms with Gasteiger partial charge in [0.05, 0.1) is 17.3 Å². The molecule has 2 aliphatic heterocycles. The summed E-state index contributed by atoms with van der Waals surface area (Å²) in [5, 5.41) is 0. The van der Waals surface area contributed by atoms with Gasteiger partial charge >= 0.3 is 0 Å². The summed E-state index contributed by atoms with van der Waals surface area (Å²) in [4.78, 5) is 37.6. The Hall–Kier alpha value is -2.76. The zero-order valence-corrected chi connectivity index (χ0v) is 14.0. The van der Waals surface area contributed by atoms with Gasteiger partial charge in [-0.05, 0) is 43.5 Å². The lowest BCUT2D eigenvalue weighted by atomic mass is 9.78. The highest BCUT2D eigenvalue weighted by Gasteiger charge is 2.50. The quantitative estimate of drug-likeness (QED) is 0.843. The Labute approximate surface area is 146 Å². The van der Waals surface area contributed by atoms with Gasteiger partial charge in [-0.3, -0.25) is 19.6 Å². The number of likely N-dealkylation sites (tertiary alicyclic amines) is 1. The first-order valence-corrected chi connectivity index (χ1v) is 8.61. The SMILES string of the molecule is O=C(c1ccncc1)N1CCC[C@]2(CCN(c3cccnc3)C2=O)C1. The van der Waals surface area contributed by atoms with Gasteiger partial charge in [0, 0.05) is 43.8 Å². The second kappa shape index (κ2) is 6.27. The molecule has 2 fully saturated rings. The summed E-state index contributed by atoms with van der Waals surface area (Å²) < 4.78 is 0. The highest BCUT2D eigenvalue weighted by atomic mass is 16.2. The van der Waals surface area contributed by atoms with E-state index in [1.807, 2.05) is 21.9 Å². The van der Waals surface area contributed by atoms with Crippen LogP contribution in [0.25, 0.3) is 0 Å². The van der Waals surface area contributed by atoms with Crippen LogP contribution in [0.15, 0.2) is 49.1 Å². The predicted octanol–water partition coefficient (Wildman–Crippen LogP) is 2.14. The highest BCUT2D eigenvalue weighted by molar-refractivity contribution is 6.01. The fraction of sp³-hybridized carbons (Fsp3) is 0.368. The van der Waals surface area contributed by atoms with Crippen molar-refractivity contribution >= 4 is 17.5 Å². The van der Waals surface area contributed by atoms with E-state index in [9.17, 15) is 9.59 Å². The molecule has 6 nitrogen and oxygen atoms in total. The van der Waals surface area contributed by atoms with Crippen molar-refractivity contribution < 1.29 is 9.59 Å². The van der Waals surface area contributed by atoms with Crippen LogP contribution in [-0.4, -0.2) is 46.3 Å². The molecule has 0 N–H and O–H groups in total. The van der Waals surface area contributed by atoms with Gasteiger partial charge in [-0.1, -0.05) is 0 Å². The lowest BCUT2D eigenvalue weighted by molar-refractivity contribution is -0.127. The van der Waals surface area contributed by atoms with E-state index < -0.39 is 5.41 Å². The number of amides is 2. The van der Waals surface area contributed by atoms with Crippen molar-refractivity contribution in [3.8, 4) is 0 Å². The first-order valence-electron chi connectivity index (χ1n) is 8.61. The van der Waals surface area contributed by atoms with E-state index in [4.69, 9.17) is 0 Å². The average molecular weight is 336 g/mol. The maximum atomic E-state index is 13.1. The third kappa shape index (κ3) is 2.77. The number of hydrogen-bond donors (Lipinski definition) is 0. The second-order valence-electron chi connectivity index (χ2n) is 6.76. The number of hydrogen-bond acceptors (Lipinski definition) is 4. The molecule has 2 aromatic heterocycles. The molecule has 0 radical (unpaired) electrons. The average Bonchev–Trinajstić information content (AvgIpc) is 2.98. The number of anilines is 1. The van der Waals surface area contributed by atoms with E-state index in [1.165, 1.54) is 0 Å². The number of pyridine rings is 2. The summed E-state index contributed by atoms with van der Waals surface area (Å²) in [6.45, 7) is 1.87. The lowest BCUT2D eigenvalue weighted by Crippen LogP contribution is -2.50. The Bertz CT molecular complexity index is 781. The first-order chi connectivity index (χ1) is 12.2. The van der Waals surface area contributed by atoms with E-state index in [0.29, 0.717) is 25.2 Å². The molecule has 0 unspecified atom stereocenters. The van der Waals surface area contributed by atoms with E-state index in [2.05, 4.69) is 9.97 Å². The monoisotopic (exact) mass is 336 g/mol. The van der Waals surface area contributed by atoms with Crippen LogP contribution >= 0.6 is 0 Å². The molecule has 0 aromatic carbocycles. The summed E-state index contributed by atoms with van der Waals surface area (Å²) in [5.74, 6) is 0.0989. The molecule has 4 rings (SSSR count). The molecule has 0 aliphatic carbocycles. The van der Waals surface area contributed by atoms with Crippen LogP contribution in [0.1, 0.15) is 29.6 Å². The van der Waals surface area contributed by atoms with Crippen LogP contribution in [0.2, 0.25) is 0 Å². The van der Waals surface area contributed by atoms with Crippen molar-refractivity contribution in [2.75, 3.05) is 24.5 Å². The molecule has 4 heterocycles. The maximum Gasteiger partial charge on any atom is 0.253 e. The maximum absolute atomic E-state index is 13.1. The minimum Gasteiger partial charge on any atom is -0.338 e. The van der Waals surface area contributed by atoms with Crippen molar-refractivity contribution in [3.05, 3.63) is 54.6 Å². The molecule has 1 spiro atoms. The van der Waals surface area contributed by atoms with Gasteiger partial charge in [0.2, 0.25) is 5.91 Å². The van der Waals surface area contributed by atoms with Crippen LogP contribution in [0, 0.1) is 5.41 Å². The van der Waals surface area contributed by atoms with Gasteiger partial charge < -0.3 is 9.80 Å². The highest BCUT2D eigenvalue weighted by Crippen LogP contribution is 2.41. The van der Waals surface area contributed by atoms with Crippen LogP contribution in [0.5, 0.6) is 0 Å². The minimum atomic E-state index is -0.462. The standard InChI is InChI=1S/C19H20N4O2/c24-17(15-4-9-20-10-5-15)22-11-2-6-19(14-22)7-12-23(18(19)25)16-3-1-8-21-13-16/h1,3-5,8-10,13H,2,6-7,11-12,14H2/t19-/m0/s1. The second-order valence-corrected chi connectivity index (χ2v) is 6.76. The third-order valence-electron chi connectivity index (χ3n) is 5.26. The molecule has 2 saturated heterocycles. The number of carbonyl (C=O) groups is 2. The molecule has 2 aromatic rings. The Morgan fingerprint density at radius 1 is 1.04 bits per heavy atom. The Morgan fingerprint density at radius 3 is 2.64 bits per heavy atom. The van der Waals surface area contributed by atoms with Gasteiger partial charge in [-0.15, -0.1) is 0 Å². The molecular weight excluding hydrogens is 316 g/mol. The van der Waals surface area contributed by atoms with Gasteiger partial charge in [-0.25, -0.2) is 0 Å². The van der Waals surface area contributed by atoms with E-state index in [1.54, 1.807) is 36.9 Å². The van der Waals surface area contributed by atoms with Crippen molar-refractivity contribution in [1.82, 2.24) is 14.9 Å². The molecular formula is C19H20N4O2. The number of piperidine rings is 1. The molecule has 2 aliphatic rings. The van der Waals surface area contributed by atoms with Crippen LogP contribution in [0.3, 0.4) is 0 Å². The van der Waals surface area contributed by atoms with Crippen molar-refractivity contribution in [1.29, 1.82) is 0 Å². The Morgan fingerprint density at radius 2 is 1.88 bits per heavy atom. The number of nitrogens with zero attached hydrogens (tertiary/aromatic N) is 4. The molecule has 2 amide bonds. The van der Waals surface area contributed by atoms with Crippen LogP contribution in [0.4, 0.5) is 5.69 Å².